The van der Waals surface area contributed by atoms with Gasteiger partial charge in [-0.1, -0.05) is 60.7 Å². The summed E-state index contributed by atoms with van der Waals surface area (Å²) in [6.45, 7) is 7.56. The van der Waals surface area contributed by atoms with Crippen LogP contribution in [0, 0.1) is 11.8 Å². The van der Waals surface area contributed by atoms with Gasteiger partial charge in [0.1, 0.15) is 6.61 Å². The van der Waals surface area contributed by atoms with Crippen molar-refractivity contribution in [1.29, 1.82) is 0 Å². The van der Waals surface area contributed by atoms with Crippen LogP contribution in [0.2, 0.25) is 0 Å². The van der Waals surface area contributed by atoms with E-state index in [1.807, 2.05) is 71.6 Å². The lowest BCUT2D eigenvalue weighted by Crippen LogP contribution is -2.45. The van der Waals surface area contributed by atoms with Gasteiger partial charge in [0.15, 0.2) is 11.5 Å². The molecule has 3 aromatic carbocycles. The molecule has 1 aliphatic carbocycles. The van der Waals surface area contributed by atoms with Gasteiger partial charge in [-0.3, -0.25) is 9.59 Å². The van der Waals surface area contributed by atoms with E-state index in [0.29, 0.717) is 48.6 Å². The minimum Gasteiger partial charge on any atom is -0.493 e. The normalized spacial score (nSPS) is 18.1. The average Bonchev–Trinajstić information content (AvgIpc) is 3.76. The third-order valence-corrected chi connectivity index (χ3v) is 8.38. The molecule has 1 N–H and O–H groups in total. The average molecular weight is 570 g/mol. The first-order chi connectivity index (χ1) is 20.4. The van der Waals surface area contributed by atoms with Crippen LogP contribution >= 0.6 is 0 Å². The number of carbonyl (C=O) groups is 2. The number of ether oxygens (including phenoxy) is 2. The SMILES string of the molecule is COc1ccc(C(=O)N(C[C@@H]2CNC[C@H]2CN(C(=O)Cc2ccccc2)C2CC2)C(C)C)cc1OCc1ccccc1. The molecule has 2 aliphatic rings. The highest BCUT2D eigenvalue weighted by Crippen LogP contribution is 2.32. The standard InChI is InChI=1S/C35H43N3O4/c1-25(2)37(35(40)28-14-17-32(41-3)33(19-28)42-24-27-12-8-5-9-13-27)22-29-20-36-21-30(29)23-38(31-15-16-31)34(39)18-26-10-6-4-7-11-26/h4-14,17,19,25,29-31,36H,15-16,18,20-24H2,1-3H3/t29-,30-/m0/s1. The highest BCUT2D eigenvalue weighted by molar-refractivity contribution is 5.95. The van der Waals surface area contributed by atoms with Gasteiger partial charge in [-0.2, -0.15) is 0 Å². The first kappa shape index (κ1) is 29.6. The molecule has 0 radical (unpaired) electrons. The van der Waals surface area contributed by atoms with Crippen LogP contribution in [0.1, 0.15) is 48.2 Å². The first-order valence-electron chi connectivity index (χ1n) is 15.1. The van der Waals surface area contributed by atoms with Crippen molar-refractivity contribution in [2.45, 2.75) is 51.8 Å². The first-order valence-corrected chi connectivity index (χ1v) is 15.1. The second-order valence-electron chi connectivity index (χ2n) is 11.8. The van der Waals surface area contributed by atoms with E-state index in [9.17, 15) is 9.59 Å². The Morgan fingerprint density at radius 2 is 1.50 bits per heavy atom. The summed E-state index contributed by atoms with van der Waals surface area (Å²) in [5, 5.41) is 3.54. The van der Waals surface area contributed by atoms with Crippen LogP contribution < -0.4 is 14.8 Å². The molecule has 2 fully saturated rings. The number of nitrogens with one attached hydrogen (secondary N) is 1. The van der Waals surface area contributed by atoms with Crippen LogP contribution in [-0.4, -0.2) is 67.0 Å². The molecule has 3 aromatic rings. The van der Waals surface area contributed by atoms with Gasteiger partial charge in [0.05, 0.1) is 13.5 Å². The van der Waals surface area contributed by atoms with E-state index in [4.69, 9.17) is 9.47 Å². The smallest absolute Gasteiger partial charge is 0.254 e. The van der Waals surface area contributed by atoms with Crippen LogP contribution in [0.5, 0.6) is 11.5 Å². The maximum absolute atomic E-state index is 13.9. The number of hydrogen-bond donors (Lipinski definition) is 1. The van der Waals surface area contributed by atoms with Crippen molar-refractivity contribution in [3.05, 3.63) is 95.6 Å². The quantitative estimate of drug-likeness (QED) is 0.307. The summed E-state index contributed by atoms with van der Waals surface area (Å²) >= 11 is 0. The molecular weight excluding hydrogens is 526 g/mol. The molecule has 5 rings (SSSR count). The van der Waals surface area contributed by atoms with Crippen LogP contribution in [-0.2, 0) is 17.8 Å². The largest absolute Gasteiger partial charge is 0.493 e. The summed E-state index contributed by atoms with van der Waals surface area (Å²) in [5.41, 5.74) is 2.67. The topological polar surface area (TPSA) is 71.1 Å². The van der Waals surface area contributed by atoms with Crippen molar-refractivity contribution in [2.24, 2.45) is 11.8 Å². The third kappa shape index (κ3) is 7.51. The predicted octanol–water partition coefficient (Wildman–Crippen LogP) is 5.19. The number of nitrogens with zero attached hydrogens (tertiary/aromatic N) is 2. The minimum absolute atomic E-state index is 0.0220. The number of hydrogen-bond acceptors (Lipinski definition) is 5. The van der Waals surface area contributed by atoms with Crippen molar-refractivity contribution >= 4 is 11.8 Å². The van der Waals surface area contributed by atoms with Gasteiger partial charge in [0.2, 0.25) is 5.91 Å². The van der Waals surface area contributed by atoms with Crippen molar-refractivity contribution in [2.75, 3.05) is 33.3 Å². The van der Waals surface area contributed by atoms with E-state index in [1.165, 1.54) is 0 Å². The second kappa shape index (κ2) is 13.9. The number of methoxy groups -OCH3 is 1. The lowest BCUT2D eigenvalue weighted by Gasteiger charge is -2.34. The molecule has 0 unspecified atom stereocenters. The Hall–Kier alpha value is -3.84. The second-order valence-corrected chi connectivity index (χ2v) is 11.8. The zero-order valence-electron chi connectivity index (χ0n) is 25.0. The predicted molar refractivity (Wildman–Crippen MR) is 165 cm³/mol. The lowest BCUT2D eigenvalue weighted by molar-refractivity contribution is -0.131. The van der Waals surface area contributed by atoms with E-state index >= 15 is 0 Å². The van der Waals surface area contributed by atoms with E-state index in [2.05, 4.69) is 24.1 Å². The van der Waals surface area contributed by atoms with Gasteiger partial charge in [-0.25, -0.2) is 0 Å². The summed E-state index contributed by atoms with van der Waals surface area (Å²) in [4.78, 5) is 31.3. The molecule has 7 heteroatoms. The molecule has 1 saturated carbocycles. The molecular formula is C35H43N3O4. The number of rotatable bonds is 13. The van der Waals surface area contributed by atoms with Crippen LogP contribution in [0.3, 0.4) is 0 Å². The molecule has 0 aromatic heterocycles. The Labute approximate surface area is 249 Å². The van der Waals surface area contributed by atoms with Gasteiger partial charge in [-0.15, -0.1) is 0 Å². The lowest BCUT2D eigenvalue weighted by atomic mass is 9.93. The minimum atomic E-state index is -0.0259. The van der Waals surface area contributed by atoms with E-state index in [-0.39, 0.29) is 23.8 Å². The van der Waals surface area contributed by atoms with Crippen LogP contribution in [0.4, 0.5) is 0 Å². The molecule has 42 heavy (non-hydrogen) atoms. The van der Waals surface area contributed by atoms with Gasteiger partial charge in [-0.05, 0) is 67.9 Å². The molecule has 0 spiro atoms. The van der Waals surface area contributed by atoms with E-state index < -0.39 is 0 Å². The van der Waals surface area contributed by atoms with Crippen molar-refractivity contribution in [3.63, 3.8) is 0 Å². The maximum atomic E-state index is 13.9. The Morgan fingerprint density at radius 3 is 2.12 bits per heavy atom. The van der Waals surface area contributed by atoms with Crippen molar-refractivity contribution in [3.8, 4) is 11.5 Å². The Balaban J connectivity index is 1.26. The Bertz CT molecular complexity index is 1330. The summed E-state index contributed by atoms with van der Waals surface area (Å²) in [7, 11) is 1.61. The Kier molecular flexibility index (Phi) is 9.80. The summed E-state index contributed by atoms with van der Waals surface area (Å²) in [5.74, 6) is 1.87. The van der Waals surface area contributed by atoms with Gasteiger partial charge < -0.3 is 24.6 Å². The summed E-state index contributed by atoms with van der Waals surface area (Å²) in [6, 6.07) is 25.7. The molecule has 7 nitrogen and oxygen atoms in total. The van der Waals surface area contributed by atoms with Crippen molar-refractivity contribution < 1.29 is 19.1 Å². The van der Waals surface area contributed by atoms with Crippen LogP contribution in [0.25, 0.3) is 0 Å². The Morgan fingerprint density at radius 1 is 0.857 bits per heavy atom. The molecule has 2 amide bonds. The highest BCUT2D eigenvalue weighted by Gasteiger charge is 2.38. The third-order valence-electron chi connectivity index (χ3n) is 8.38. The van der Waals surface area contributed by atoms with E-state index in [1.54, 1.807) is 19.2 Å². The summed E-state index contributed by atoms with van der Waals surface area (Å²) < 4.78 is 11.6. The monoisotopic (exact) mass is 569 g/mol. The highest BCUT2D eigenvalue weighted by atomic mass is 16.5. The summed E-state index contributed by atoms with van der Waals surface area (Å²) in [6.07, 6.45) is 2.59. The van der Waals surface area contributed by atoms with Crippen molar-refractivity contribution in [1.82, 2.24) is 15.1 Å². The zero-order valence-corrected chi connectivity index (χ0v) is 25.0. The molecule has 2 atom stereocenters. The van der Waals surface area contributed by atoms with Gasteiger partial charge in [0.25, 0.3) is 5.91 Å². The molecule has 1 aliphatic heterocycles. The number of amides is 2. The number of carbonyl (C=O) groups excluding carboxylic acids is 2. The fraction of sp³-hybridized carbons (Fsp3) is 0.429. The molecule has 222 valence electrons. The number of benzene rings is 3. The maximum Gasteiger partial charge on any atom is 0.254 e. The van der Waals surface area contributed by atoms with Gasteiger partial charge in [0, 0.05) is 43.8 Å². The van der Waals surface area contributed by atoms with E-state index in [0.717, 1.165) is 43.6 Å². The molecule has 1 heterocycles. The van der Waals surface area contributed by atoms with Gasteiger partial charge >= 0.3 is 0 Å². The molecule has 0 bridgehead atoms. The molecule has 1 saturated heterocycles. The zero-order chi connectivity index (χ0) is 29.5. The fourth-order valence-electron chi connectivity index (χ4n) is 5.78. The van der Waals surface area contributed by atoms with Crippen LogP contribution in [0.15, 0.2) is 78.9 Å². The fourth-order valence-corrected chi connectivity index (χ4v) is 5.78.